The smallest absolute Gasteiger partial charge is 0.416 e. The number of carboxylic acids is 1. The van der Waals surface area contributed by atoms with Crippen molar-refractivity contribution in [2.24, 2.45) is 0 Å². The summed E-state index contributed by atoms with van der Waals surface area (Å²) in [5.74, 6) is -0.492. The van der Waals surface area contributed by atoms with E-state index in [-0.39, 0.29) is 5.56 Å². The maximum absolute atomic E-state index is 12.5. The third-order valence-corrected chi connectivity index (χ3v) is 4.13. The number of thiol groups is 1. The Kier molecular flexibility index (Phi) is 5.66. The number of aromatic carboxylic acids is 1. The van der Waals surface area contributed by atoms with E-state index < -0.39 is 17.7 Å². The number of carboxylic acid groups (broad SMARTS) is 1. The van der Waals surface area contributed by atoms with E-state index in [4.69, 9.17) is 5.11 Å². The summed E-state index contributed by atoms with van der Waals surface area (Å²) in [6.07, 6.45) is -4.33. The van der Waals surface area contributed by atoms with Gasteiger partial charge in [0.2, 0.25) is 0 Å². The molecule has 2 aromatic rings. The topological polar surface area (TPSA) is 49.3 Å². The lowest BCUT2D eigenvalue weighted by atomic mass is 10.1. The Morgan fingerprint density at radius 3 is 2.46 bits per heavy atom. The summed E-state index contributed by atoms with van der Waals surface area (Å²) < 4.78 is 37.4. The summed E-state index contributed by atoms with van der Waals surface area (Å²) in [5, 5.41) is 12.1. The highest BCUT2D eigenvalue weighted by atomic mass is 32.1. The Morgan fingerprint density at radius 1 is 1.21 bits per heavy atom. The van der Waals surface area contributed by atoms with Crippen molar-refractivity contribution in [1.82, 2.24) is 0 Å². The number of alkyl halides is 3. The average Bonchev–Trinajstić information content (AvgIpc) is 2.52. The van der Waals surface area contributed by atoms with Crippen LogP contribution < -0.4 is 5.32 Å². The molecule has 24 heavy (non-hydrogen) atoms. The molecule has 0 saturated heterocycles. The van der Waals surface area contributed by atoms with Crippen LogP contribution in [0, 0.1) is 6.92 Å². The van der Waals surface area contributed by atoms with Crippen LogP contribution in [0.25, 0.3) is 0 Å². The number of hydrogen-bond donors (Lipinski definition) is 3. The van der Waals surface area contributed by atoms with E-state index in [1.165, 1.54) is 12.1 Å². The maximum atomic E-state index is 12.5. The van der Waals surface area contributed by atoms with E-state index in [0.29, 0.717) is 11.4 Å². The first-order valence-electron chi connectivity index (χ1n) is 7.02. The highest BCUT2D eigenvalue weighted by Gasteiger charge is 2.29. The molecule has 2 aromatic carbocycles. The SMILES string of the molecule is Cc1ccc(NC=[SH]Cc2ccc(C(F)(F)F)cc2)c(C(=O)O)c1. The number of hydrogen-bond acceptors (Lipinski definition) is 1. The van der Waals surface area contributed by atoms with Crippen LogP contribution in [0.1, 0.15) is 27.0 Å². The Labute approximate surface area is 141 Å². The van der Waals surface area contributed by atoms with Gasteiger partial charge in [0.1, 0.15) is 0 Å². The quantitative estimate of drug-likeness (QED) is 0.545. The molecule has 0 aliphatic carbocycles. The maximum Gasteiger partial charge on any atom is 0.416 e. The molecule has 7 heteroatoms. The summed E-state index contributed by atoms with van der Waals surface area (Å²) in [6.45, 7) is 1.81. The number of benzene rings is 2. The Hall–Kier alpha value is -2.28. The number of rotatable bonds is 5. The van der Waals surface area contributed by atoms with Crippen molar-refractivity contribution in [3.05, 3.63) is 64.7 Å². The monoisotopic (exact) mass is 355 g/mol. The van der Waals surface area contributed by atoms with Crippen LogP contribution in [0.2, 0.25) is 0 Å². The number of carbonyl (C=O) groups is 1. The zero-order valence-electron chi connectivity index (χ0n) is 12.8. The van der Waals surface area contributed by atoms with Crippen LogP contribution in [-0.4, -0.2) is 16.6 Å². The predicted molar refractivity (Wildman–Crippen MR) is 92.0 cm³/mol. The molecular formula is C17H16F3NO2S. The van der Waals surface area contributed by atoms with Crippen molar-refractivity contribution >= 4 is 28.5 Å². The summed E-state index contributed by atoms with van der Waals surface area (Å²) in [7, 11) is 0. The van der Waals surface area contributed by atoms with Gasteiger partial charge >= 0.3 is 12.1 Å². The fourth-order valence-corrected chi connectivity index (χ4v) is 2.77. The van der Waals surface area contributed by atoms with E-state index in [1.807, 2.05) is 6.92 Å². The molecule has 2 N–H and O–H groups in total. The molecule has 0 bridgehead atoms. The largest absolute Gasteiger partial charge is 0.478 e. The minimum atomic E-state index is -4.33. The average molecular weight is 355 g/mol. The third-order valence-electron chi connectivity index (χ3n) is 3.27. The van der Waals surface area contributed by atoms with Gasteiger partial charge in [-0.2, -0.15) is 24.5 Å². The Morgan fingerprint density at radius 2 is 1.88 bits per heavy atom. The first-order valence-corrected chi connectivity index (χ1v) is 8.17. The normalized spacial score (nSPS) is 12.0. The molecule has 0 unspecified atom stereocenters. The molecule has 0 aromatic heterocycles. The number of aryl methyl sites for hydroxylation is 1. The second-order valence-electron chi connectivity index (χ2n) is 5.16. The van der Waals surface area contributed by atoms with Gasteiger partial charge in [-0.15, -0.1) is 0 Å². The van der Waals surface area contributed by atoms with Gasteiger partial charge in [0.05, 0.1) is 16.8 Å². The highest BCUT2D eigenvalue weighted by molar-refractivity contribution is 7.96. The molecular weight excluding hydrogens is 339 g/mol. The molecule has 2 rings (SSSR count). The van der Waals surface area contributed by atoms with Crippen molar-refractivity contribution in [3.8, 4) is 0 Å². The van der Waals surface area contributed by atoms with Crippen molar-refractivity contribution < 1.29 is 23.1 Å². The standard InChI is InChI=1S/C17H16F3NO2S/c1-11-2-7-15(14(8-11)16(22)23)21-10-24-9-12-3-5-13(6-4-12)17(18,19)20/h2-8,10,21,24H,9H2,1H3,(H,22,23). The van der Waals surface area contributed by atoms with Gasteiger partial charge in [-0.3, -0.25) is 0 Å². The Bertz CT molecular complexity index is 755. The van der Waals surface area contributed by atoms with Gasteiger partial charge in [-0.05, 0) is 36.8 Å². The predicted octanol–water partition coefficient (Wildman–Crippen LogP) is 4.55. The van der Waals surface area contributed by atoms with Crippen molar-refractivity contribution in [2.75, 3.05) is 5.32 Å². The molecule has 0 radical (unpaired) electrons. The van der Waals surface area contributed by atoms with E-state index in [9.17, 15) is 18.0 Å². The summed E-state index contributed by atoms with van der Waals surface area (Å²) >= 11 is 0.812. The van der Waals surface area contributed by atoms with Gasteiger partial charge in [0, 0.05) is 11.2 Å². The minimum Gasteiger partial charge on any atom is -0.478 e. The molecule has 0 heterocycles. The van der Waals surface area contributed by atoms with Gasteiger partial charge in [0.15, 0.2) is 0 Å². The summed E-state index contributed by atoms with van der Waals surface area (Å²) in [6, 6.07) is 10.1. The van der Waals surface area contributed by atoms with E-state index >= 15 is 0 Å². The Balaban J connectivity index is 1.99. The summed E-state index contributed by atoms with van der Waals surface area (Å²) in [4.78, 5) is 11.2. The third kappa shape index (κ3) is 4.86. The van der Waals surface area contributed by atoms with E-state index in [0.717, 1.165) is 34.6 Å². The first kappa shape index (κ1) is 18.1. The van der Waals surface area contributed by atoms with E-state index in [1.54, 1.807) is 23.7 Å². The van der Waals surface area contributed by atoms with Crippen LogP contribution in [0.3, 0.4) is 0 Å². The van der Waals surface area contributed by atoms with Crippen LogP contribution in [0.4, 0.5) is 18.9 Å². The minimum absolute atomic E-state index is 0.177. The molecule has 0 fully saturated rings. The first-order chi connectivity index (χ1) is 11.3. The zero-order chi connectivity index (χ0) is 17.7. The second-order valence-corrected chi connectivity index (χ2v) is 6.10. The summed E-state index contributed by atoms with van der Waals surface area (Å²) in [5.41, 5.74) is 3.28. The number of halogens is 3. The fraction of sp³-hybridized carbons (Fsp3) is 0.176. The zero-order valence-corrected chi connectivity index (χ0v) is 13.7. The molecule has 0 aliphatic heterocycles. The molecule has 0 amide bonds. The number of anilines is 1. The van der Waals surface area contributed by atoms with Gasteiger partial charge in [-0.25, -0.2) is 4.79 Å². The van der Waals surface area contributed by atoms with Crippen LogP contribution in [0.15, 0.2) is 42.5 Å². The lowest BCUT2D eigenvalue weighted by Crippen LogP contribution is -2.05. The second kappa shape index (κ2) is 7.53. The lowest BCUT2D eigenvalue weighted by Gasteiger charge is -2.07. The van der Waals surface area contributed by atoms with Crippen molar-refractivity contribution in [1.29, 1.82) is 0 Å². The molecule has 128 valence electrons. The molecule has 3 nitrogen and oxygen atoms in total. The number of nitrogens with one attached hydrogen (secondary N) is 1. The van der Waals surface area contributed by atoms with Crippen LogP contribution in [-0.2, 0) is 11.9 Å². The lowest BCUT2D eigenvalue weighted by molar-refractivity contribution is -0.137. The van der Waals surface area contributed by atoms with Gasteiger partial charge < -0.3 is 10.4 Å². The molecule has 0 spiro atoms. The van der Waals surface area contributed by atoms with Crippen molar-refractivity contribution in [3.63, 3.8) is 0 Å². The van der Waals surface area contributed by atoms with Crippen molar-refractivity contribution in [2.45, 2.75) is 18.9 Å². The van der Waals surface area contributed by atoms with Gasteiger partial charge in [0.25, 0.3) is 0 Å². The highest BCUT2D eigenvalue weighted by Crippen LogP contribution is 2.29. The van der Waals surface area contributed by atoms with Crippen LogP contribution in [0.5, 0.6) is 0 Å². The molecule has 0 atom stereocenters. The fourth-order valence-electron chi connectivity index (χ4n) is 2.03. The van der Waals surface area contributed by atoms with Gasteiger partial charge in [-0.1, -0.05) is 23.8 Å². The van der Waals surface area contributed by atoms with Crippen LogP contribution >= 0.6 is 11.4 Å². The molecule has 0 saturated carbocycles. The van der Waals surface area contributed by atoms with E-state index in [2.05, 4.69) is 5.32 Å². The molecule has 0 aliphatic rings.